The largest absolute Gasteiger partial charge is 0.322 e. The second-order valence-corrected chi connectivity index (χ2v) is 5.44. The van der Waals surface area contributed by atoms with Gasteiger partial charge in [-0.3, -0.25) is 9.20 Å². The first-order valence-electron chi connectivity index (χ1n) is 7.69. The van der Waals surface area contributed by atoms with Crippen molar-refractivity contribution in [1.29, 1.82) is 0 Å². The Kier molecular flexibility index (Phi) is 3.70. The summed E-state index contributed by atoms with van der Waals surface area (Å²) in [5.74, 6) is -0.345. The van der Waals surface area contributed by atoms with Gasteiger partial charge in [0, 0.05) is 11.9 Å². The number of hydrogen-bond acceptors (Lipinski definition) is 3. The Labute approximate surface area is 142 Å². The summed E-state index contributed by atoms with van der Waals surface area (Å²) in [6.45, 7) is 0. The van der Waals surface area contributed by atoms with Gasteiger partial charge in [-0.1, -0.05) is 30.3 Å². The Morgan fingerprint density at radius 2 is 1.68 bits per heavy atom. The lowest BCUT2D eigenvalue weighted by Gasteiger charge is -2.06. The maximum atomic E-state index is 14.1. The van der Waals surface area contributed by atoms with Crippen molar-refractivity contribution in [2.75, 3.05) is 5.32 Å². The summed E-state index contributed by atoms with van der Waals surface area (Å²) >= 11 is 0. The molecule has 2 heterocycles. The Bertz CT molecular complexity index is 1060. The third kappa shape index (κ3) is 2.74. The van der Waals surface area contributed by atoms with Gasteiger partial charge in [0.1, 0.15) is 5.82 Å². The van der Waals surface area contributed by atoms with E-state index in [1.807, 2.05) is 18.2 Å². The van der Waals surface area contributed by atoms with E-state index < -0.39 is 5.82 Å². The van der Waals surface area contributed by atoms with Gasteiger partial charge in [-0.25, -0.2) is 4.39 Å². The number of hydrogen-bond donors (Lipinski definition) is 1. The number of rotatable bonds is 3. The van der Waals surface area contributed by atoms with Crippen LogP contribution in [0.5, 0.6) is 0 Å². The van der Waals surface area contributed by atoms with Crippen molar-refractivity contribution in [1.82, 2.24) is 14.6 Å². The lowest BCUT2D eigenvalue weighted by molar-refractivity contribution is 0.102. The smallest absolute Gasteiger partial charge is 0.259 e. The van der Waals surface area contributed by atoms with Crippen molar-refractivity contribution in [3.05, 3.63) is 84.3 Å². The van der Waals surface area contributed by atoms with E-state index in [1.165, 1.54) is 6.07 Å². The predicted molar refractivity (Wildman–Crippen MR) is 92.8 cm³/mol. The zero-order valence-electron chi connectivity index (χ0n) is 13.1. The van der Waals surface area contributed by atoms with Crippen LogP contribution in [0.4, 0.5) is 10.1 Å². The summed E-state index contributed by atoms with van der Waals surface area (Å²) in [4.78, 5) is 12.6. The maximum Gasteiger partial charge on any atom is 0.259 e. The van der Waals surface area contributed by atoms with Crippen molar-refractivity contribution >= 4 is 17.2 Å². The third-order valence-corrected chi connectivity index (χ3v) is 3.83. The van der Waals surface area contributed by atoms with Gasteiger partial charge in [0.15, 0.2) is 11.5 Å². The molecule has 0 bridgehead atoms. The van der Waals surface area contributed by atoms with Gasteiger partial charge in [0.25, 0.3) is 5.91 Å². The van der Waals surface area contributed by atoms with Crippen LogP contribution in [-0.4, -0.2) is 20.5 Å². The first-order chi connectivity index (χ1) is 12.2. The third-order valence-electron chi connectivity index (χ3n) is 3.83. The quantitative estimate of drug-likeness (QED) is 0.621. The molecular weight excluding hydrogens is 319 g/mol. The van der Waals surface area contributed by atoms with Gasteiger partial charge < -0.3 is 5.32 Å². The highest BCUT2D eigenvalue weighted by Crippen LogP contribution is 2.23. The van der Waals surface area contributed by atoms with E-state index >= 15 is 0 Å². The zero-order valence-corrected chi connectivity index (χ0v) is 13.1. The topological polar surface area (TPSA) is 59.3 Å². The highest BCUT2D eigenvalue weighted by Gasteiger charge is 2.17. The highest BCUT2D eigenvalue weighted by molar-refractivity contribution is 6.08. The molecule has 0 aliphatic carbocycles. The summed E-state index contributed by atoms with van der Waals surface area (Å²) < 4.78 is 15.7. The fourth-order valence-electron chi connectivity index (χ4n) is 2.64. The minimum atomic E-state index is -0.393. The average molecular weight is 332 g/mol. The summed E-state index contributed by atoms with van der Waals surface area (Å²) in [6.07, 6.45) is 1.70. The van der Waals surface area contributed by atoms with E-state index in [0.717, 1.165) is 0 Å². The number of carbonyl (C=O) groups is 1. The number of aromatic nitrogens is 3. The average Bonchev–Trinajstić information content (AvgIpc) is 3.07. The fourth-order valence-corrected chi connectivity index (χ4v) is 2.64. The molecule has 0 aliphatic rings. The van der Waals surface area contributed by atoms with Gasteiger partial charge in [0.05, 0.1) is 11.1 Å². The molecule has 6 heteroatoms. The van der Waals surface area contributed by atoms with Gasteiger partial charge in [-0.15, -0.1) is 10.2 Å². The molecule has 0 saturated carbocycles. The van der Waals surface area contributed by atoms with Crippen LogP contribution in [0.15, 0.2) is 72.9 Å². The molecule has 0 unspecified atom stereocenters. The second kappa shape index (κ2) is 6.16. The normalized spacial score (nSPS) is 10.8. The first-order valence-corrected chi connectivity index (χ1v) is 7.69. The summed E-state index contributed by atoms with van der Waals surface area (Å²) in [6, 6.07) is 18.8. The number of nitrogens with zero attached hydrogens (tertiary/aromatic N) is 3. The fraction of sp³-hybridized carbons (Fsp3) is 0. The lowest BCUT2D eigenvalue weighted by atomic mass is 10.2. The molecule has 25 heavy (non-hydrogen) atoms. The number of amides is 1. The summed E-state index contributed by atoms with van der Waals surface area (Å²) in [7, 11) is 0. The van der Waals surface area contributed by atoms with Crippen molar-refractivity contribution in [2.24, 2.45) is 0 Å². The number of halogens is 1. The molecule has 0 fully saturated rings. The molecule has 122 valence electrons. The molecule has 2 aromatic carbocycles. The van der Waals surface area contributed by atoms with E-state index in [-0.39, 0.29) is 5.91 Å². The molecule has 0 spiro atoms. The molecule has 5 nitrogen and oxygen atoms in total. The number of anilines is 1. The van der Waals surface area contributed by atoms with E-state index in [2.05, 4.69) is 15.5 Å². The number of carbonyl (C=O) groups excluding carboxylic acids is 1. The highest BCUT2D eigenvalue weighted by atomic mass is 19.1. The number of nitrogens with one attached hydrogen (secondary N) is 1. The molecule has 0 saturated heterocycles. The first kappa shape index (κ1) is 15.0. The van der Waals surface area contributed by atoms with Crippen LogP contribution in [-0.2, 0) is 0 Å². The summed E-state index contributed by atoms with van der Waals surface area (Å²) in [5, 5.41) is 11.0. The van der Waals surface area contributed by atoms with Crippen molar-refractivity contribution < 1.29 is 9.18 Å². The van der Waals surface area contributed by atoms with Crippen LogP contribution < -0.4 is 5.32 Å². The molecule has 0 radical (unpaired) electrons. The number of fused-ring (bicyclic) bond motifs is 1. The Hall–Kier alpha value is -3.54. The van der Waals surface area contributed by atoms with Crippen LogP contribution in [0.1, 0.15) is 10.4 Å². The Balaban J connectivity index is 1.77. The number of benzene rings is 2. The predicted octanol–water partition coefficient (Wildman–Crippen LogP) is 3.79. The molecule has 2 aromatic heterocycles. The molecule has 4 aromatic rings. The Morgan fingerprint density at radius 3 is 2.48 bits per heavy atom. The van der Waals surface area contributed by atoms with Crippen LogP contribution >= 0.6 is 0 Å². The second-order valence-electron chi connectivity index (χ2n) is 5.44. The van der Waals surface area contributed by atoms with Gasteiger partial charge >= 0.3 is 0 Å². The SMILES string of the molecule is O=C(Nc1ccccc1)c1cccn2c(-c3ccccc3F)nnc12. The van der Waals surface area contributed by atoms with Crippen LogP contribution in [0.2, 0.25) is 0 Å². The van der Waals surface area contributed by atoms with Crippen LogP contribution in [0.3, 0.4) is 0 Å². The minimum absolute atomic E-state index is 0.302. The molecule has 4 rings (SSSR count). The number of para-hydroxylation sites is 1. The van der Waals surface area contributed by atoms with Crippen molar-refractivity contribution in [2.45, 2.75) is 0 Å². The minimum Gasteiger partial charge on any atom is -0.322 e. The zero-order chi connectivity index (χ0) is 17.2. The van der Waals surface area contributed by atoms with Crippen LogP contribution in [0, 0.1) is 5.82 Å². The molecule has 1 N–H and O–H groups in total. The van der Waals surface area contributed by atoms with Crippen molar-refractivity contribution in [3.8, 4) is 11.4 Å². The van der Waals surface area contributed by atoms with Crippen molar-refractivity contribution in [3.63, 3.8) is 0 Å². The maximum absolute atomic E-state index is 14.1. The monoisotopic (exact) mass is 332 g/mol. The van der Waals surface area contributed by atoms with E-state index in [0.29, 0.717) is 28.3 Å². The number of pyridine rings is 1. The van der Waals surface area contributed by atoms with Gasteiger partial charge in [-0.05, 0) is 36.4 Å². The van der Waals surface area contributed by atoms with Crippen LogP contribution in [0.25, 0.3) is 17.0 Å². The van der Waals surface area contributed by atoms with E-state index in [9.17, 15) is 9.18 Å². The van der Waals surface area contributed by atoms with E-state index in [4.69, 9.17) is 0 Å². The Morgan fingerprint density at radius 1 is 0.920 bits per heavy atom. The van der Waals surface area contributed by atoms with Gasteiger partial charge in [0.2, 0.25) is 0 Å². The van der Waals surface area contributed by atoms with E-state index in [1.54, 1.807) is 53.1 Å². The molecule has 0 atom stereocenters. The lowest BCUT2D eigenvalue weighted by Crippen LogP contribution is -2.13. The molecule has 1 amide bonds. The standard InChI is InChI=1S/C19H13FN4O/c20-16-11-5-4-9-14(16)17-22-23-18-15(10-6-12-24(17)18)19(25)21-13-7-2-1-3-8-13/h1-12H,(H,21,25). The van der Waals surface area contributed by atoms with Gasteiger partial charge in [-0.2, -0.15) is 0 Å². The summed E-state index contributed by atoms with van der Waals surface area (Å²) in [5.41, 5.74) is 1.74. The molecular formula is C19H13FN4O. The molecule has 0 aliphatic heterocycles.